The monoisotopic (exact) mass is 908 g/mol. The van der Waals surface area contributed by atoms with Crippen molar-refractivity contribution in [3.8, 4) is 0 Å². The van der Waals surface area contributed by atoms with Crippen molar-refractivity contribution in [1.29, 1.82) is 0 Å². The predicted octanol–water partition coefficient (Wildman–Crippen LogP) is 4.74. The third-order valence-electron chi connectivity index (χ3n) is 9.06. The van der Waals surface area contributed by atoms with E-state index >= 15 is 0 Å². The van der Waals surface area contributed by atoms with E-state index in [2.05, 4.69) is 0 Å². The topological polar surface area (TPSA) is 137 Å². The molecule has 0 saturated heterocycles. The zero-order valence-electron chi connectivity index (χ0n) is 32.2. The highest BCUT2D eigenvalue weighted by Gasteiger charge is 2.37. The van der Waals surface area contributed by atoms with E-state index in [9.17, 15) is 33.7 Å². The van der Waals surface area contributed by atoms with Crippen LogP contribution >= 0.6 is 15.8 Å². The fraction of sp³-hybridized carbons (Fsp3) is 0.163. The average Bonchev–Trinajstić information content (AvgIpc) is 3.16. The van der Waals surface area contributed by atoms with Crippen LogP contribution < -0.4 is 31.8 Å². The summed E-state index contributed by atoms with van der Waals surface area (Å²) in [7, 11) is -17.1. The van der Waals surface area contributed by atoms with Crippen molar-refractivity contribution in [3.63, 3.8) is 0 Å². The van der Waals surface area contributed by atoms with Gasteiger partial charge in [0.15, 0.2) is 29.5 Å². The fourth-order valence-corrected chi connectivity index (χ4v) is 18.9. The maximum atomic E-state index is 14.8. The molecule has 3 heterocycles. The van der Waals surface area contributed by atoms with Crippen LogP contribution in [0.5, 0.6) is 0 Å². The number of hydrogen-bond donors (Lipinski definition) is 0. The van der Waals surface area contributed by atoms with E-state index < -0.39 is 67.0 Å². The SMILES string of the molecule is CS(C)=O.CS(C)=O.O=S1(=O)Cc2ccccc2P2c3ccccc3CS(=O)(=O)c3ccccc3P(c3ccccc31)c1ccccc1S(=O)(=O)Cc1ccccc12. The Labute approximate surface area is 349 Å². The molecular formula is C43H42O8P2S5. The van der Waals surface area contributed by atoms with Crippen molar-refractivity contribution >= 4 is 98.8 Å². The number of hydrogen-bond acceptors (Lipinski definition) is 8. The Morgan fingerprint density at radius 3 is 0.793 bits per heavy atom. The molecule has 6 aromatic carbocycles. The van der Waals surface area contributed by atoms with Gasteiger partial charge in [-0.05, 0) is 66.6 Å². The van der Waals surface area contributed by atoms with Crippen LogP contribution in [0.2, 0.25) is 0 Å². The van der Waals surface area contributed by atoms with Gasteiger partial charge in [-0.3, -0.25) is 8.42 Å². The molecule has 0 aromatic heterocycles. The molecular weight excluding hydrogens is 867 g/mol. The molecule has 0 saturated carbocycles. The third-order valence-corrected chi connectivity index (χ3v) is 20.0. The Kier molecular flexibility index (Phi) is 13.9. The number of benzene rings is 6. The molecule has 6 aromatic rings. The minimum Gasteiger partial charge on any atom is -0.260 e. The van der Waals surface area contributed by atoms with Gasteiger partial charge in [0.25, 0.3) is 0 Å². The van der Waals surface area contributed by atoms with Gasteiger partial charge in [0.1, 0.15) is 0 Å². The lowest BCUT2D eigenvalue weighted by Crippen LogP contribution is -2.34. The van der Waals surface area contributed by atoms with Crippen LogP contribution in [0.25, 0.3) is 0 Å². The van der Waals surface area contributed by atoms with Gasteiger partial charge in [-0.2, -0.15) is 0 Å². The molecule has 0 amide bonds. The lowest BCUT2D eigenvalue weighted by Gasteiger charge is -2.30. The van der Waals surface area contributed by atoms with Gasteiger partial charge < -0.3 is 0 Å². The first-order valence-corrected chi connectivity index (χ1v) is 29.4. The molecule has 0 atom stereocenters. The second-order valence-electron chi connectivity index (χ2n) is 13.7. The molecule has 0 N–H and O–H groups in total. The first-order valence-electron chi connectivity index (χ1n) is 17.8. The molecule has 302 valence electrons. The first kappa shape index (κ1) is 43.9. The fourth-order valence-electron chi connectivity index (χ4n) is 6.89. The molecule has 3 aliphatic heterocycles. The molecule has 58 heavy (non-hydrogen) atoms. The van der Waals surface area contributed by atoms with E-state index in [0.29, 0.717) is 32.6 Å². The summed E-state index contributed by atoms with van der Waals surface area (Å²) in [6, 6.07) is 42.1. The van der Waals surface area contributed by atoms with Crippen LogP contribution in [-0.4, -0.2) is 58.7 Å². The largest absolute Gasteiger partial charge is 0.260 e. The molecule has 3 aliphatic rings. The predicted molar refractivity (Wildman–Crippen MR) is 243 cm³/mol. The number of fused-ring (bicyclic) bond motifs is 3. The summed E-state index contributed by atoms with van der Waals surface area (Å²) >= 11 is 0. The Balaban J connectivity index is 0.000000651. The highest BCUT2D eigenvalue weighted by molar-refractivity contribution is 7.95. The Bertz CT molecular complexity index is 2570. The Morgan fingerprint density at radius 1 is 0.345 bits per heavy atom. The molecule has 15 heteroatoms. The van der Waals surface area contributed by atoms with Crippen LogP contribution in [-0.2, 0) is 68.4 Å². The standard InChI is InChI=1S/C39H30O6P2S3.2C2H6OS/c40-48(41)25-28-13-1-4-16-31(28)46-32-17-5-2-14-29(32)26-49(42,43)38-23-11-8-20-35(38)47(34-19-7-10-22-37(34)48)36-21-9-12-24-39(36)50(44,45)27-30-15-3-6-18-33(30)46;2*1-4(2)3/h1-24H,25-27H2;2*1-2H3. The van der Waals surface area contributed by atoms with Gasteiger partial charge in [-0.1, -0.05) is 127 Å². The second-order valence-corrected chi connectivity index (χ2v) is 26.8. The summed E-state index contributed by atoms with van der Waals surface area (Å²) in [4.78, 5) is 0.165. The highest BCUT2D eigenvalue weighted by Crippen LogP contribution is 2.44. The van der Waals surface area contributed by atoms with E-state index in [-0.39, 0.29) is 31.9 Å². The second kappa shape index (κ2) is 18.3. The zero-order valence-corrected chi connectivity index (χ0v) is 38.1. The Hall–Kier alpha value is -3.67. The van der Waals surface area contributed by atoms with E-state index in [1.165, 1.54) is 0 Å². The summed E-state index contributed by atoms with van der Waals surface area (Å²) in [6.07, 6.45) is 6.56. The lowest BCUT2D eigenvalue weighted by atomic mass is 10.2. The van der Waals surface area contributed by atoms with Crippen LogP contribution in [0, 0.1) is 0 Å². The van der Waals surface area contributed by atoms with E-state index in [1.54, 1.807) is 97.8 Å². The summed E-state index contributed by atoms with van der Waals surface area (Å²) < 4.78 is 108. The maximum absolute atomic E-state index is 14.8. The summed E-state index contributed by atoms with van der Waals surface area (Å²) in [5.74, 6) is -0.856. The molecule has 0 aliphatic carbocycles. The van der Waals surface area contributed by atoms with Crippen LogP contribution in [0.1, 0.15) is 16.7 Å². The van der Waals surface area contributed by atoms with Crippen molar-refractivity contribution in [1.82, 2.24) is 0 Å². The van der Waals surface area contributed by atoms with Gasteiger partial charge in [-0.15, -0.1) is 0 Å². The van der Waals surface area contributed by atoms with Crippen LogP contribution in [0.3, 0.4) is 0 Å². The van der Waals surface area contributed by atoms with Crippen LogP contribution in [0.4, 0.5) is 0 Å². The molecule has 9 rings (SSSR count). The highest BCUT2D eigenvalue weighted by atomic mass is 32.2. The molecule has 0 radical (unpaired) electrons. The van der Waals surface area contributed by atoms with Crippen molar-refractivity contribution in [2.75, 3.05) is 25.0 Å². The normalized spacial score (nSPS) is 18.4. The average molecular weight is 909 g/mol. The van der Waals surface area contributed by atoms with Crippen molar-refractivity contribution in [2.45, 2.75) is 31.9 Å². The summed E-state index contributed by atoms with van der Waals surface area (Å²) in [5, 5.41) is 3.33. The molecule has 0 unspecified atom stereocenters. The zero-order chi connectivity index (χ0) is 41.8. The molecule has 2 bridgehead atoms. The summed E-state index contributed by atoms with van der Waals surface area (Å²) in [5.41, 5.74) is 1.76. The lowest BCUT2D eigenvalue weighted by molar-refractivity contribution is 0.594. The van der Waals surface area contributed by atoms with Crippen molar-refractivity contribution < 1.29 is 33.7 Å². The van der Waals surface area contributed by atoms with Gasteiger partial charge >= 0.3 is 0 Å². The van der Waals surface area contributed by atoms with Gasteiger partial charge in [-0.25, -0.2) is 25.3 Å². The van der Waals surface area contributed by atoms with E-state index in [4.69, 9.17) is 0 Å². The maximum Gasteiger partial charge on any atom is 0.183 e. The number of rotatable bonds is 0. The smallest absolute Gasteiger partial charge is 0.183 e. The quantitative estimate of drug-likeness (QED) is 0.200. The van der Waals surface area contributed by atoms with Gasteiger partial charge in [0, 0.05) is 62.5 Å². The molecule has 0 fully saturated rings. The van der Waals surface area contributed by atoms with Crippen LogP contribution in [0.15, 0.2) is 160 Å². The van der Waals surface area contributed by atoms with Crippen molar-refractivity contribution in [2.24, 2.45) is 0 Å². The van der Waals surface area contributed by atoms with E-state index in [0.717, 1.165) is 15.9 Å². The first-order chi connectivity index (χ1) is 27.5. The minimum absolute atomic E-state index is 0.0552. The minimum atomic E-state index is -4.07. The Morgan fingerprint density at radius 2 is 0.534 bits per heavy atom. The third kappa shape index (κ3) is 9.68. The van der Waals surface area contributed by atoms with Gasteiger partial charge in [0.05, 0.1) is 31.9 Å². The number of sulfone groups is 3. The van der Waals surface area contributed by atoms with E-state index in [1.807, 2.05) is 72.8 Å². The molecule has 0 spiro atoms. The van der Waals surface area contributed by atoms with Crippen molar-refractivity contribution in [3.05, 3.63) is 162 Å². The van der Waals surface area contributed by atoms with Gasteiger partial charge in [0.2, 0.25) is 0 Å². The summed E-state index contributed by atoms with van der Waals surface area (Å²) in [6.45, 7) is 0. The molecule has 8 nitrogen and oxygen atoms in total.